The Kier molecular flexibility index (Phi) is 7.14. The molecule has 0 saturated carbocycles. The van der Waals surface area contributed by atoms with Gasteiger partial charge in [0, 0.05) is 25.9 Å². The lowest BCUT2D eigenvalue weighted by atomic mass is 10.2. The van der Waals surface area contributed by atoms with Crippen LogP contribution in [0.1, 0.15) is 0 Å². The van der Waals surface area contributed by atoms with E-state index in [1.54, 1.807) is 36.4 Å². The molecule has 30 heavy (non-hydrogen) atoms. The molecule has 0 aliphatic carbocycles. The molecule has 1 amide bonds. The number of morpholine rings is 1. The van der Waals surface area contributed by atoms with E-state index in [2.05, 4.69) is 10.0 Å². The van der Waals surface area contributed by atoms with Crippen molar-refractivity contribution >= 4 is 33.0 Å². The van der Waals surface area contributed by atoms with Gasteiger partial charge in [-0.3, -0.25) is 9.52 Å². The van der Waals surface area contributed by atoms with Crippen molar-refractivity contribution in [1.29, 1.82) is 0 Å². The second-order valence-corrected chi connectivity index (χ2v) is 8.22. The number of para-hydroxylation sites is 2. The second kappa shape index (κ2) is 9.79. The summed E-state index contributed by atoms with van der Waals surface area (Å²) in [5, 5.41) is 2.65. The molecule has 10 heteroatoms. The van der Waals surface area contributed by atoms with Gasteiger partial charge in [-0.1, -0.05) is 12.1 Å². The van der Waals surface area contributed by atoms with E-state index in [-0.39, 0.29) is 17.4 Å². The van der Waals surface area contributed by atoms with E-state index in [1.807, 2.05) is 4.90 Å². The first-order valence-corrected chi connectivity index (χ1v) is 10.8. The van der Waals surface area contributed by atoms with Crippen LogP contribution in [0.2, 0.25) is 0 Å². The standard InChI is InChI=1S/C20H25N3O6S/c1-27-14-20(24)21-15-7-8-17(23-9-11-29-12-10-23)19(13-15)30(25,26)22-16-5-3-4-6-18(16)28-2/h3-8,13,22H,9-12,14H2,1-2H3,(H,21,24). The molecule has 1 saturated heterocycles. The van der Waals surface area contributed by atoms with Crippen molar-refractivity contribution in [2.75, 3.05) is 62.1 Å². The summed E-state index contributed by atoms with van der Waals surface area (Å²) in [4.78, 5) is 13.9. The maximum absolute atomic E-state index is 13.3. The first kappa shape index (κ1) is 21.9. The number of hydrogen-bond acceptors (Lipinski definition) is 7. The number of nitrogens with one attached hydrogen (secondary N) is 2. The van der Waals surface area contributed by atoms with Crippen molar-refractivity contribution < 1.29 is 27.4 Å². The average molecular weight is 436 g/mol. The molecule has 0 bridgehead atoms. The van der Waals surface area contributed by atoms with E-state index in [1.165, 1.54) is 20.3 Å². The molecule has 1 aliphatic heterocycles. The van der Waals surface area contributed by atoms with Crippen molar-refractivity contribution in [3.8, 4) is 5.75 Å². The molecule has 2 aromatic rings. The summed E-state index contributed by atoms with van der Waals surface area (Å²) in [6.07, 6.45) is 0. The van der Waals surface area contributed by atoms with Gasteiger partial charge in [0.15, 0.2) is 0 Å². The number of methoxy groups -OCH3 is 2. The Bertz CT molecular complexity index is 990. The number of hydrogen-bond donors (Lipinski definition) is 2. The first-order chi connectivity index (χ1) is 14.4. The van der Waals surface area contributed by atoms with Crippen LogP contribution in [0, 0.1) is 0 Å². The molecule has 0 radical (unpaired) electrons. The van der Waals surface area contributed by atoms with Crippen LogP contribution >= 0.6 is 0 Å². The van der Waals surface area contributed by atoms with Crippen LogP contribution in [0.15, 0.2) is 47.4 Å². The number of nitrogens with zero attached hydrogens (tertiary/aromatic N) is 1. The minimum Gasteiger partial charge on any atom is -0.495 e. The number of benzene rings is 2. The van der Waals surface area contributed by atoms with Gasteiger partial charge in [-0.25, -0.2) is 8.42 Å². The van der Waals surface area contributed by atoms with Gasteiger partial charge in [-0.05, 0) is 30.3 Å². The van der Waals surface area contributed by atoms with E-state index >= 15 is 0 Å². The Morgan fingerprint density at radius 1 is 1.13 bits per heavy atom. The van der Waals surface area contributed by atoms with E-state index in [9.17, 15) is 13.2 Å². The third-order valence-corrected chi connectivity index (χ3v) is 5.91. The highest BCUT2D eigenvalue weighted by Crippen LogP contribution is 2.32. The maximum atomic E-state index is 13.3. The Hall–Kier alpha value is -2.82. The number of ether oxygens (including phenoxy) is 3. The van der Waals surface area contributed by atoms with Crippen molar-refractivity contribution in [3.63, 3.8) is 0 Å². The summed E-state index contributed by atoms with van der Waals surface area (Å²) in [7, 11) is -1.11. The topological polar surface area (TPSA) is 106 Å². The third kappa shape index (κ3) is 5.21. The van der Waals surface area contributed by atoms with Crippen LogP contribution in [0.5, 0.6) is 5.75 Å². The van der Waals surface area contributed by atoms with Crippen LogP contribution in [-0.4, -0.2) is 61.5 Å². The molecule has 9 nitrogen and oxygen atoms in total. The lowest BCUT2D eigenvalue weighted by Gasteiger charge is -2.30. The zero-order valence-corrected chi connectivity index (χ0v) is 17.7. The Balaban J connectivity index is 2.00. The molecule has 1 heterocycles. The van der Waals surface area contributed by atoms with Gasteiger partial charge in [-0.2, -0.15) is 0 Å². The molecule has 3 rings (SSSR count). The van der Waals surface area contributed by atoms with Gasteiger partial charge in [0.05, 0.1) is 31.7 Å². The average Bonchev–Trinajstić information content (AvgIpc) is 2.74. The molecule has 0 unspecified atom stereocenters. The molecular formula is C20H25N3O6S. The van der Waals surface area contributed by atoms with Gasteiger partial charge in [0.1, 0.15) is 17.3 Å². The summed E-state index contributed by atoms with van der Waals surface area (Å²) in [5.74, 6) is 0.0243. The van der Waals surface area contributed by atoms with Gasteiger partial charge in [0.2, 0.25) is 5.91 Å². The lowest BCUT2D eigenvalue weighted by molar-refractivity contribution is -0.119. The zero-order chi connectivity index (χ0) is 21.6. The van der Waals surface area contributed by atoms with Crippen molar-refractivity contribution in [2.24, 2.45) is 0 Å². The predicted molar refractivity (Wildman–Crippen MR) is 114 cm³/mol. The highest BCUT2D eigenvalue weighted by atomic mass is 32.2. The number of sulfonamides is 1. The number of anilines is 3. The van der Waals surface area contributed by atoms with Gasteiger partial charge >= 0.3 is 0 Å². The summed E-state index contributed by atoms with van der Waals surface area (Å²) >= 11 is 0. The largest absolute Gasteiger partial charge is 0.495 e. The first-order valence-electron chi connectivity index (χ1n) is 9.36. The summed E-state index contributed by atoms with van der Waals surface area (Å²) in [6.45, 7) is 2.00. The molecule has 2 aromatic carbocycles. The van der Waals surface area contributed by atoms with Crippen LogP contribution < -0.4 is 19.7 Å². The number of carbonyl (C=O) groups is 1. The Labute approximate surface area is 176 Å². The number of carbonyl (C=O) groups excluding carboxylic acids is 1. The highest BCUT2D eigenvalue weighted by Gasteiger charge is 2.25. The van der Waals surface area contributed by atoms with Gasteiger partial charge in [-0.15, -0.1) is 0 Å². The van der Waals surface area contributed by atoms with E-state index in [0.717, 1.165) is 0 Å². The summed E-state index contributed by atoms with van der Waals surface area (Å²) in [6, 6.07) is 11.5. The number of amides is 1. The maximum Gasteiger partial charge on any atom is 0.264 e. The number of rotatable bonds is 8. The Morgan fingerprint density at radius 3 is 2.57 bits per heavy atom. The van der Waals surface area contributed by atoms with Gasteiger partial charge in [0.25, 0.3) is 10.0 Å². The smallest absolute Gasteiger partial charge is 0.264 e. The third-order valence-electron chi connectivity index (χ3n) is 4.51. The van der Waals surface area contributed by atoms with Crippen molar-refractivity contribution in [1.82, 2.24) is 0 Å². The molecule has 162 valence electrons. The molecule has 1 fully saturated rings. The van der Waals surface area contributed by atoms with Crippen molar-refractivity contribution in [3.05, 3.63) is 42.5 Å². The molecule has 2 N–H and O–H groups in total. The predicted octanol–water partition coefficient (Wildman–Crippen LogP) is 1.92. The minimum atomic E-state index is -3.99. The highest BCUT2D eigenvalue weighted by molar-refractivity contribution is 7.93. The SMILES string of the molecule is COCC(=O)Nc1ccc(N2CCOCC2)c(S(=O)(=O)Nc2ccccc2OC)c1. The van der Waals surface area contributed by atoms with Crippen molar-refractivity contribution in [2.45, 2.75) is 4.90 Å². The van der Waals surface area contributed by atoms with Gasteiger partial charge < -0.3 is 24.4 Å². The molecule has 0 spiro atoms. The van der Waals surface area contributed by atoms with E-state index < -0.39 is 10.0 Å². The minimum absolute atomic E-state index is 0.0468. The Morgan fingerprint density at radius 2 is 1.87 bits per heavy atom. The summed E-state index contributed by atoms with van der Waals surface area (Å²) in [5.41, 5.74) is 1.21. The van der Waals surface area contributed by atoms with E-state index in [0.29, 0.717) is 49.1 Å². The monoisotopic (exact) mass is 435 g/mol. The molecular weight excluding hydrogens is 410 g/mol. The zero-order valence-electron chi connectivity index (χ0n) is 16.9. The van der Waals surface area contributed by atoms with E-state index in [4.69, 9.17) is 14.2 Å². The fraction of sp³-hybridized carbons (Fsp3) is 0.350. The molecule has 0 atom stereocenters. The normalized spacial score (nSPS) is 14.3. The van der Waals surface area contributed by atoms with Crippen LogP contribution in [0.25, 0.3) is 0 Å². The van der Waals surface area contributed by atoms with Crippen LogP contribution in [0.3, 0.4) is 0 Å². The molecule has 1 aliphatic rings. The van der Waals surface area contributed by atoms with Crippen LogP contribution in [0.4, 0.5) is 17.1 Å². The van der Waals surface area contributed by atoms with Crippen LogP contribution in [-0.2, 0) is 24.3 Å². The fourth-order valence-corrected chi connectivity index (χ4v) is 4.45. The second-order valence-electron chi connectivity index (χ2n) is 6.57. The molecule has 0 aromatic heterocycles. The quantitative estimate of drug-likeness (QED) is 0.652. The lowest BCUT2D eigenvalue weighted by Crippen LogP contribution is -2.37. The fourth-order valence-electron chi connectivity index (χ4n) is 3.13. The summed E-state index contributed by atoms with van der Waals surface area (Å²) < 4.78 is 44.7.